The van der Waals surface area contributed by atoms with Crippen molar-refractivity contribution in [2.75, 3.05) is 20.7 Å². The number of hydrogen-bond acceptors (Lipinski definition) is 6. The number of nitrogens with one attached hydrogen (secondary N) is 1. The fourth-order valence-corrected chi connectivity index (χ4v) is 4.21. The maximum Gasteiger partial charge on any atom is 0.342 e. The Hall–Kier alpha value is -2.61. The van der Waals surface area contributed by atoms with E-state index in [0.29, 0.717) is 31.0 Å². The molecular weight excluding hydrogens is 416 g/mol. The smallest absolute Gasteiger partial charge is 0.342 e. The van der Waals surface area contributed by atoms with E-state index in [4.69, 9.17) is 9.47 Å². The van der Waals surface area contributed by atoms with Gasteiger partial charge in [0.1, 0.15) is 17.5 Å². The molecule has 7 nitrogen and oxygen atoms in total. The second kappa shape index (κ2) is 9.26. The van der Waals surface area contributed by atoms with Crippen LogP contribution in [0.3, 0.4) is 0 Å². The van der Waals surface area contributed by atoms with Gasteiger partial charge in [-0.25, -0.2) is 4.79 Å². The molecule has 0 saturated heterocycles. The first-order chi connectivity index (χ1) is 14.4. The number of aromatic nitrogens is 2. The molecule has 0 spiro atoms. The van der Waals surface area contributed by atoms with Gasteiger partial charge in [-0.3, -0.25) is 10.3 Å². The summed E-state index contributed by atoms with van der Waals surface area (Å²) in [4.78, 5) is 19.5. The van der Waals surface area contributed by atoms with Gasteiger partial charge in [0.25, 0.3) is 0 Å². The van der Waals surface area contributed by atoms with E-state index in [1.54, 1.807) is 6.20 Å². The van der Waals surface area contributed by atoms with E-state index in [1.807, 2.05) is 47.3 Å². The number of pyridine rings is 1. The number of carbonyl (C=O) groups is 1. The summed E-state index contributed by atoms with van der Waals surface area (Å²) in [6.07, 6.45) is 5.55. The normalized spacial score (nSPS) is 15.4. The molecule has 4 rings (SSSR count). The minimum Gasteiger partial charge on any atom is -0.474 e. The van der Waals surface area contributed by atoms with Gasteiger partial charge in [-0.05, 0) is 34.0 Å². The van der Waals surface area contributed by atoms with Crippen LogP contribution in [0.25, 0.3) is 22.0 Å². The van der Waals surface area contributed by atoms with Crippen molar-refractivity contribution in [3.63, 3.8) is 0 Å². The van der Waals surface area contributed by atoms with Crippen LogP contribution in [0.15, 0.2) is 30.7 Å². The van der Waals surface area contributed by atoms with Crippen molar-refractivity contribution in [1.82, 2.24) is 19.8 Å². The van der Waals surface area contributed by atoms with Gasteiger partial charge in [-0.15, -0.1) is 12.4 Å². The molecule has 166 valence electrons. The van der Waals surface area contributed by atoms with Gasteiger partial charge in [-0.2, -0.15) is 0 Å². The molecule has 0 saturated carbocycles. The predicted molar refractivity (Wildman–Crippen MR) is 124 cm³/mol. The van der Waals surface area contributed by atoms with Crippen LogP contribution in [-0.4, -0.2) is 47.4 Å². The predicted octanol–water partition coefficient (Wildman–Crippen LogP) is 3.73. The van der Waals surface area contributed by atoms with Crippen LogP contribution in [0.2, 0.25) is 0 Å². The van der Waals surface area contributed by atoms with Gasteiger partial charge >= 0.3 is 5.97 Å². The molecule has 0 amide bonds. The standard InChI is InChI=1S/C23H28N4O3.ClH/c1-6-29-23(28)20-18(12-26(3)4)21-19(16-11-25-14(2)30-22(16)20)17(13-27(21)5)15-8-7-9-24-10-15;/h7-10,13-14,25H,6,11-12H2,1-5H3;1H. The summed E-state index contributed by atoms with van der Waals surface area (Å²) in [5.41, 5.74) is 5.55. The Morgan fingerprint density at radius 3 is 2.84 bits per heavy atom. The van der Waals surface area contributed by atoms with Crippen molar-refractivity contribution < 1.29 is 14.3 Å². The first-order valence-corrected chi connectivity index (χ1v) is 10.2. The number of halogens is 1. The lowest BCUT2D eigenvalue weighted by Crippen LogP contribution is -2.36. The van der Waals surface area contributed by atoms with Gasteiger partial charge < -0.3 is 18.9 Å². The highest BCUT2D eigenvalue weighted by molar-refractivity contribution is 6.08. The van der Waals surface area contributed by atoms with Crippen molar-refractivity contribution in [2.45, 2.75) is 33.2 Å². The lowest BCUT2D eigenvalue weighted by Gasteiger charge is -2.29. The molecule has 31 heavy (non-hydrogen) atoms. The molecule has 1 aromatic carbocycles. The Kier molecular flexibility index (Phi) is 6.89. The van der Waals surface area contributed by atoms with Gasteiger partial charge in [-0.1, -0.05) is 6.07 Å². The fraction of sp³-hybridized carbons (Fsp3) is 0.391. The van der Waals surface area contributed by atoms with Crippen LogP contribution in [0.5, 0.6) is 5.75 Å². The maximum atomic E-state index is 13.1. The third-order valence-corrected chi connectivity index (χ3v) is 5.36. The van der Waals surface area contributed by atoms with Crippen molar-refractivity contribution in [3.05, 3.63) is 47.4 Å². The zero-order chi connectivity index (χ0) is 21.4. The summed E-state index contributed by atoms with van der Waals surface area (Å²) < 4.78 is 13.8. The minimum absolute atomic E-state index is 0. The van der Waals surface area contributed by atoms with E-state index >= 15 is 0 Å². The summed E-state index contributed by atoms with van der Waals surface area (Å²) >= 11 is 0. The molecule has 2 aromatic heterocycles. The molecule has 1 aliphatic rings. The van der Waals surface area contributed by atoms with Gasteiger partial charge in [0.2, 0.25) is 0 Å². The molecule has 3 heterocycles. The minimum atomic E-state index is -0.342. The number of aryl methyl sites for hydroxylation is 1. The monoisotopic (exact) mass is 444 g/mol. The number of rotatable bonds is 5. The van der Waals surface area contributed by atoms with Gasteiger partial charge in [0.05, 0.1) is 12.1 Å². The average molecular weight is 445 g/mol. The number of hydrogen-bond donors (Lipinski definition) is 1. The SMILES string of the molecule is CCOC(=O)c1c2c(c3c(-c4cccnc4)cn(C)c3c1CN(C)C)CNC(C)O2.Cl. The largest absolute Gasteiger partial charge is 0.474 e. The highest BCUT2D eigenvalue weighted by Gasteiger charge is 2.32. The zero-order valence-corrected chi connectivity index (χ0v) is 19.4. The lowest BCUT2D eigenvalue weighted by molar-refractivity contribution is 0.0513. The van der Waals surface area contributed by atoms with E-state index < -0.39 is 0 Å². The third-order valence-electron chi connectivity index (χ3n) is 5.36. The van der Waals surface area contributed by atoms with E-state index in [-0.39, 0.29) is 24.6 Å². The summed E-state index contributed by atoms with van der Waals surface area (Å²) in [6.45, 7) is 5.28. The number of ether oxygens (including phenoxy) is 2. The highest BCUT2D eigenvalue weighted by Crippen LogP contribution is 2.44. The van der Waals surface area contributed by atoms with Crippen LogP contribution in [0.1, 0.15) is 35.3 Å². The third kappa shape index (κ3) is 4.13. The molecule has 1 atom stereocenters. The Morgan fingerprint density at radius 2 is 2.19 bits per heavy atom. The molecule has 3 aromatic rings. The summed E-state index contributed by atoms with van der Waals surface area (Å²) in [7, 11) is 6.01. The Bertz CT molecular complexity index is 1100. The number of nitrogens with zero attached hydrogens (tertiary/aromatic N) is 3. The van der Waals surface area contributed by atoms with Crippen molar-refractivity contribution >= 4 is 29.3 Å². The molecule has 1 aliphatic heterocycles. The number of fused-ring (bicyclic) bond motifs is 3. The topological polar surface area (TPSA) is 68.6 Å². The number of carbonyl (C=O) groups excluding carboxylic acids is 1. The molecule has 0 aliphatic carbocycles. The fourth-order valence-electron chi connectivity index (χ4n) is 4.21. The first kappa shape index (κ1) is 23.1. The molecule has 0 radical (unpaired) electrons. The Morgan fingerprint density at radius 1 is 1.42 bits per heavy atom. The molecule has 0 fully saturated rings. The van der Waals surface area contributed by atoms with Gasteiger partial charge in [0, 0.05) is 66.4 Å². The Balaban J connectivity index is 0.00000272. The second-order valence-corrected chi connectivity index (χ2v) is 7.88. The highest BCUT2D eigenvalue weighted by atomic mass is 35.5. The summed E-state index contributed by atoms with van der Waals surface area (Å²) in [5.74, 6) is 0.283. The molecule has 0 bridgehead atoms. The lowest BCUT2D eigenvalue weighted by atomic mass is 9.92. The maximum absolute atomic E-state index is 13.1. The van der Waals surface area contributed by atoms with Crippen LogP contribution >= 0.6 is 12.4 Å². The van der Waals surface area contributed by atoms with E-state index in [2.05, 4.69) is 32.0 Å². The van der Waals surface area contributed by atoms with Crippen LogP contribution in [0.4, 0.5) is 0 Å². The van der Waals surface area contributed by atoms with Crippen molar-refractivity contribution in [1.29, 1.82) is 0 Å². The average Bonchev–Trinajstić information content (AvgIpc) is 3.06. The van der Waals surface area contributed by atoms with Crippen LogP contribution in [0, 0.1) is 0 Å². The van der Waals surface area contributed by atoms with Crippen molar-refractivity contribution in [3.8, 4) is 16.9 Å². The number of esters is 1. The molecule has 1 unspecified atom stereocenters. The quantitative estimate of drug-likeness (QED) is 0.605. The number of benzene rings is 1. The molecular formula is C23H29ClN4O3. The Labute approximate surface area is 188 Å². The van der Waals surface area contributed by atoms with E-state index in [0.717, 1.165) is 33.2 Å². The zero-order valence-electron chi connectivity index (χ0n) is 18.6. The van der Waals surface area contributed by atoms with Crippen LogP contribution < -0.4 is 10.1 Å². The first-order valence-electron chi connectivity index (χ1n) is 10.2. The summed E-state index contributed by atoms with van der Waals surface area (Å²) in [5, 5.41) is 4.45. The van der Waals surface area contributed by atoms with Crippen LogP contribution in [-0.2, 0) is 24.9 Å². The van der Waals surface area contributed by atoms with E-state index in [1.165, 1.54) is 0 Å². The molecule has 8 heteroatoms. The summed E-state index contributed by atoms with van der Waals surface area (Å²) in [6, 6.07) is 3.99. The van der Waals surface area contributed by atoms with Gasteiger partial charge in [0.15, 0.2) is 0 Å². The second-order valence-electron chi connectivity index (χ2n) is 7.88. The molecule has 1 N–H and O–H groups in total. The van der Waals surface area contributed by atoms with E-state index in [9.17, 15) is 4.79 Å². The van der Waals surface area contributed by atoms with Crippen molar-refractivity contribution in [2.24, 2.45) is 7.05 Å².